The standard InChI is InChI=1S/C11H13Cl2N/c1-11(5-7(11)6-14)8-3-2-4-9(12)10(8)13/h2-4,7H,5-6,14H2,1H3. The molecule has 2 unspecified atom stereocenters. The molecule has 0 heterocycles. The maximum Gasteiger partial charge on any atom is 0.0629 e. The molecule has 1 aromatic carbocycles. The van der Waals surface area contributed by atoms with Crippen molar-refractivity contribution in [1.82, 2.24) is 0 Å². The highest BCUT2D eigenvalue weighted by atomic mass is 35.5. The fraction of sp³-hybridized carbons (Fsp3) is 0.455. The van der Waals surface area contributed by atoms with Gasteiger partial charge in [-0.2, -0.15) is 0 Å². The van der Waals surface area contributed by atoms with Gasteiger partial charge in [0.2, 0.25) is 0 Å². The van der Waals surface area contributed by atoms with Crippen molar-refractivity contribution in [3.63, 3.8) is 0 Å². The zero-order valence-electron chi connectivity index (χ0n) is 8.06. The maximum atomic E-state index is 6.17. The highest BCUT2D eigenvalue weighted by Crippen LogP contribution is 2.55. The summed E-state index contributed by atoms with van der Waals surface area (Å²) in [7, 11) is 0. The molecule has 0 amide bonds. The molecule has 1 saturated carbocycles. The Hall–Kier alpha value is -0.240. The topological polar surface area (TPSA) is 26.0 Å². The van der Waals surface area contributed by atoms with E-state index in [4.69, 9.17) is 28.9 Å². The molecule has 76 valence electrons. The number of benzene rings is 1. The molecule has 0 radical (unpaired) electrons. The molecule has 0 spiro atoms. The van der Waals surface area contributed by atoms with Crippen molar-refractivity contribution in [2.45, 2.75) is 18.8 Å². The summed E-state index contributed by atoms with van der Waals surface area (Å²) in [5, 5.41) is 1.32. The number of rotatable bonds is 2. The highest BCUT2D eigenvalue weighted by Gasteiger charge is 2.51. The van der Waals surface area contributed by atoms with E-state index in [1.807, 2.05) is 18.2 Å². The van der Waals surface area contributed by atoms with Crippen LogP contribution in [-0.4, -0.2) is 6.54 Å². The van der Waals surface area contributed by atoms with Crippen LogP contribution in [0.2, 0.25) is 10.0 Å². The van der Waals surface area contributed by atoms with Crippen LogP contribution in [0.5, 0.6) is 0 Å². The first kappa shape index (κ1) is 10.3. The second-order valence-corrected chi connectivity index (χ2v) is 4.94. The quantitative estimate of drug-likeness (QED) is 0.829. The molecular formula is C11H13Cl2N. The Balaban J connectivity index is 2.39. The smallest absolute Gasteiger partial charge is 0.0629 e. The van der Waals surface area contributed by atoms with Gasteiger partial charge in [0.15, 0.2) is 0 Å². The highest BCUT2D eigenvalue weighted by molar-refractivity contribution is 6.42. The molecule has 14 heavy (non-hydrogen) atoms. The SMILES string of the molecule is CC1(c2cccc(Cl)c2Cl)CC1CN. The van der Waals surface area contributed by atoms with Gasteiger partial charge in [0.25, 0.3) is 0 Å². The molecule has 2 atom stereocenters. The van der Waals surface area contributed by atoms with Gasteiger partial charge in [0, 0.05) is 0 Å². The van der Waals surface area contributed by atoms with Gasteiger partial charge in [-0.05, 0) is 35.9 Å². The van der Waals surface area contributed by atoms with Crippen LogP contribution in [-0.2, 0) is 5.41 Å². The third kappa shape index (κ3) is 1.44. The third-order valence-electron chi connectivity index (χ3n) is 3.26. The Labute approximate surface area is 94.2 Å². The summed E-state index contributed by atoms with van der Waals surface area (Å²) in [6, 6.07) is 5.81. The normalized spacial score (nSPS) is 30.4. The number of hydrogen-bond donors (Lipinski definition) is 1. The molecule has 1 nitrogen and oxygen atoms in total. The van der Waals surface area contributed by atoms with Crippen LogP contribution < -0.4 is 5.73 Å². The van der Waals surface area contributed by atoms with Gasteiger partial charge >= 0.3 is 0 Å². The minimum absolute atomic E-state index is 0.150. The molecule has 1 aromatic rings. The molecule has 3 heteroatoms. The summed E-state index contributed by atoms with van der Waals surface area (Å²) in [5.41, 5.74) is 6.95. The minimum Gasteiger partial charge on any atom is -0.330 e. The fourth-order valence-electron chi connectivity index (χ4n) is 2.07. The van der Waals surface area contributed by atoms with Crippen molar-refractivity contribution in [3.05, 3.63) is 33.8 Å². The summed E-state index contributed by atoms with van der Waals surface area (Å²) in [4.78, 5) is 0. The van der Waals surface area contributed by atoms with Gasteiger partial charge in [-0.1, -0.05) is 42.3 Å². The Morgan fingerprint density at radius 1 is 1.50 bits per heavy atom. The van der Waals surface area contributed by atoms with E-state index < -0.39 is 0 Å². The van der Waals surface area contributed by atoms with Crippen LogP contribution in [0.15, 0.2) is 18.2 Å². The Bertz CT molecular complexity index is 364. The molecule has 2 N–H and O–H groups in total. The van der Waals surface area contributed by atoms with Crippen molar-refractivity contribution in [2.24, 2.45) is 11.7 Å². The van der Waals surface area contributed by atoms with Gasteiger partial charge in [-0.3, -0.25) is 0 Å². The van der Waals surface area contributed by atoms with Crippen molar-refractivity contribution in [1.29, 1.82) is 0 Å². The lowest BCUT2D eigenvalue weighted by Crippen LogP contribution is -2.12. The molecule has 1 aliphatic carbocycles. The van der Waals surface area contributed by atoms with E-state index in [9.17, 15) is 0 Å². The Morgan fingerprint density at radius 2 is 2.21 bits per heavy atom. The number of halogens is 2. The number of nitrogens with two attached hydrogens (primary N) is 1. The van der Waals surface area contributed by atoms with Gasteiger partial charge in [0.05, 0.1) is 10.0 Å². The summed E-state index contributed by atoms with van der Waals surface area (Å²) in [5.74, 6) is 0.554. The number of hydrogen-bond acceptors (Lipinski definition) is 1. The third-order valence-corrected chi connectivity index (χ3v) is 4.08. The van der Waals surface area contributed by atoms with Crippen molar-refractivity contribution < 1.29 is 0 Å². The van der Waals surface area contributed by atoms with E-state index >= 15 is 0 Å². The average Bonchev–Trinajstić information content (AvgIpc) is 2.83. The first-order valence-electron chi connectivity index (χ1n) is 4.74. The van der Waals surface area contributed by atoms with Crippen molar-refractivity contribution in [3.8, 4) is 0 Å². The molecule has 0 aliphatic heterocycles. The first-order chi connectivity index (χ1) is 6.59. The summed E-state index contributed by atoms with van der Waals surface area (Å²) < 4.78 is 0. The van der Waals surface area contributed by atoms with E-state index in [-0.39, 0.29) is 5.41 Å². The Kier molecular flexibility index (Phi) is 2.50. The zero-order chi connectivity index (χ0) is 10.3. The van der Waals surface area contributed by atoms with Crippen LogP contribution in [0.4, 0.5) is 0 Å². The van der Waals surface area contributed by atoms with Gasteiger partial charge in [0.1, 0.15) is 0 Å². The largest absolute Gasteiger partial charge is 0.330 e. The van der Waals surface area contributed by atoms with Crippen LogP contribution >= 0.6 is 23.2 Å². The molecular weight excluding hydrogens is 217 g/mol. The van der Waals surface area contributed by atoms with Crippen molar-refractivity contribution in [2.75, 3.05) is 6.54 Å². The average molecular weight is 230 g/mol. The maximum absolute atomic E-state index is 6.17. The molecule has 0 saturated heterocycles. The van der Waals surface area contributed by atoms with Gasteiger partial charge in [-0.25, -0.2) is 0 Å². The molecule has 0 bridgehead atoms. The van der Waals surface area contributed by atoms with E-state index in [2.05, 4.69) is 6.92 Å². The van der Waals surface area contributed by atoms with Crippen LogP contribution in [0.1, 0.15) is 18.9 Å². The van der Waals surface area contributed by atoms with Crippen LogP contribution in [0.25, 0.3) is 0 Å². The predicted molar refractivity (Wildman–Crippen MR) is 61.0 cm³/mol. The fourth-order valence-corrected chi connectivity index (χ4v) is 2.59. The predicted octanol–water partition coefficient (Wildman–Crippen LogP) is 3.23. The van der Waals surface area contributed by atoms with Gasteiger partial charge < -0.3 is 5.73 Å². The van der Waals surface area contributed by atoms with E-state index in [0.717, 1.165) is 18.5 Å². The van der Waals surface area contributed by atoms with Crippen LogP contribution in [0.3, 0.4) is 0 Å². The van der Waals surface area contributed by atoms with E-state index in [1.165, 1.54) is 0 Å². The molecule has 1 fully saturated rings. The van der Waals surface area contributed by atoms with E-state index in [1.54, 1.807) is 0 Å². The lowest BCUT2D eigenvalue weighted by molar-refractivity contribution is 0.666. The lowest BCUT2D eigenvalue weighted by atomic mass is 9.95. The van der Waals surface area contributed by atoms with Crippen molar-refractivity contribution >= 4 is 23.2 Å². The molecule has 2 rings (SSSR count). The zero-order valence-corrected chi connectivity index (χ0v) is 9.57. The second-order valence-electron chi connectivity index (χ2n) is 4.16. The monoisotopic (exact) mass is 229 g/mol. The molecule has 1 aliphatic rings. The summed E-state index contributed by atoms with van der Waals surface area (Å²) in [6.45, 7) is 2.92. The first-order valence-corrected chi connectivity index (χ1v) is 5.49. The Morgan fingerprint density at radius 3 is 2.79 bits per heavy atom. The minimum atomic E-state index is 0.150. The van der Waals surface area contributed by atoms with E-state index in [0.29, 0.717) is 16.0 Å². The van der Waals surface area contributed by atoms with Crippen LogP contribution in [0, 0.1) is 5.92 Å². The van der Waals surface area contributed by atoms with Gasteiger partial charge in [-0.15, -0.1) is 0 Å². The summed E-state index contributed by atoms with van der Waals surface area (Å²) >= 11 is 12.1. The lowest BCUT2D eigenvalue weighted by Gasteiger charge is -2.13. The second kappa shape index (κ2) is 3.41. The molecule has 0 aromatic heterocycles. The summed E-state index contributed by atoms with van der Waals surface area (Å²) in [6.07, 6.45) is 1.11.